The zero-order valence-electron chi connectivity index (χ0n) is 27.9. The van der Waals surface area contributed by atoms with Crippen LogP contribution in [0.5, 0.6) is 0 Å². The summed E-state index contributed by atoms with van der Waals surface area (Å²) in [6.07, 6.45) is 12.4. The predicted molar refractivity (Wildman–Crippen MR) is 167 cm³/mol. The highest BCUT2D eigenvalue weighted by atomic mass is 28.3. The van der Waals surface area contributed by atoms with Crippen LogP contribution < -0.4 is 0 Å². The third-order valence-electron chi connectivity index (χ3n) is 13.0. The SMILES string of the molecule is CC(=O)O[C@H]1C[C@@H](OCOCC[Si](C)(C)C)[C@]2(C)[C@H]3CC[C@]4(C)[C@@H]([C@H](C)CCCC(C)C)CC[C@H]4[C@@H]3C[C@@H]3O[C@@]32C1. The van der Waals surface area contributed by atoms with Crippen molar-refractivity contribution in [2.24, 2.45) is 46.3 Å². The molecule has 0 N–H and O–H groups in total. The van der Waals surface area contributed by atoms with Crippen molar-refractivity contribution in [3.63, 3.8) is 0 Å². The Hall–Kier alpha value is -0.433. The lowest BCUT2D eigenvalue weighted by molar-refractivity contribution is -0.220. The molecule has 0 aromatic carbocycles. The van der Waals surface area contributed by atoms with Gasteiger partial charge in [-0.15, -0.1) is 0 Å². The van der Waals surface area contributed by atoms with E-state index in [1.165, 1.54) is 58.3 Å². The fourth-order valence-electron chi connectivity index (χ4n) is 10.8. The van der Waals surface area contributed by atoms with E-state index in [0.717, 1.165) is 49.2 Å². The number of carbonyl (C=O) groups is 1. The van der Waals surface area contributed by atoms with Crippen molar-refractivity contribution in [1.29, 1.82) is 0 Å². The van der Waals surface area contributed by atoms with Crippen LogP contribution in [0.15, 0.2) is 0 Å². The van der Waals surface area contributed by atoms with Crippen LogP contribution in [0, 0.1) is 46.3 Å². The van der Waals surface area contributed by atoms with Gasteiger partial charge in [0.15, 0.2) is 0 Å². The maximum Gasteiger partial charge on any atom is 0.302 e. The monoisotopic (exact) mass is 590 g/mol. The highest BCUT2D eigenvalue weighted by molar-refractivity contribution is 6.76. The van der Waals surface area contributed by atoms with E-state index in [1.807, 2.05) is 0 Å². The van der Waals surface area contributed by atoms with Gasteiger partial charge in [0.1, 0.15) is 18.5 Å². The Morgan fingerprint density at radius 3 is 2.46 bits per heavy atom. The molecular weight excluding hydrogens is 528 g/mol. The normalized spacial score (nSPS) is 44.0. The number of carbonyl (C=O) groups excluding carboxylic acids is 1. The molecule has 0 bridgehead atoms. The number of rotatable bonds is 12. The molecule has 0 amide bonds. The van der Waals surface area contributed by atoms with Crippen molar-refractivity contribution in [3.05, 3.63) is 0 Å². The summed E-state index contributed by atoms with van der Waals surface area (Å²) in [5, 5.41) is 0. The summed E-state index contributed by atoms with van der Waals surface area (Å²) in [4.78, 5) is 12.0. The first kappa shape index (κ1) is 32.0. The van der Waals surface area contributed by atoms with E-state index < -0.39 is 8.07 Å². The molecule has 0 aromatic rings. The Bertz CT molecular complexity index is 932. The zero-order valence-corrected chi connectivity index (χ0v) is 28.9. The van der Waals surface area contributed by atoms with Crippen molar-refractivity contribution in [2.45, 2.75) is 155 Å². The maximum atomic E-state index is 12.0. The average molecular weight is 591 g/mol. The molecule has 4 aliphatic carbocycles. The number of esters is 1. The maximum absolute atomic E-state index is 12.0. The van der Waals surface area contributed by atoms with Gasteiger partial charge in [0.05, 0.1) is 12.2 Å². The standard InChI is InChI=1S/C35H62O5Si/c1-23(2)11-10-12-24(3)28-13-14-29-27-20-32-35(40-32)21-26(39-25(4)36)19-31(38-22-37-17-18-41(7,8)9)34(35,6)30(27)15-16-33(28,29)5/h23-24,26-32H,10-22H2,1-9H3/t24-,26+,27+,28-,29+,30+,31-,32+,33-,34+,35+/m1/s1. The highest BCUT2D eigenvalue weighted by Gasteiger charge is 2.79. The molecule has 1 spiro atoms. The summed E-state index contributed by atoms with van der Waals surface area (Å²) in [6.45, 7) is 22.2. The average Bonchev–Trinajstić information content (AvgIpc) is 3.43. The second-order valence-corrected chi connectivity index (χ2v) is 22.7. The summed E-state index contributed by atoms with van der Waals surface area (Å²) < 4.78 is 25.4. The third kappa shape index (κ3) is 5.99. The number of hydrogen-bond acceptors (Lipinski definition) is 5. The molecule has 0 aromatic heterocycles. The molecule has 1 aliphatic heterocycles. The number of epoxide rings is 1. The molecule has 41 heavy (non-hydrogen) atoms. The molecule has 6 heteroatoms. The van der Waals surface area contributed by atoms with Gasteiger partial charge in [-0.3, -0.25) is 4.79 Å². The number of fused-ring (bicyclic) bond motifs is 4. The molecule has 5 aliphatic rings. The second-order valence-electron chi connectivity index (χ2n) is 17.1. The van der Waals surface area contributed by atoms with Gasteiger partial charge in [0.2, 0.25) is 0 Å². The molecule has 236 valence electrons. The Morgan fingerprint density at radius 2 is 1.78 bits per heavy atom. The lowest BCUT2D eigenvalue weighted by atomic mass is 9.43. The van der Waals surface area contributed by atoms with Gasteiger partial charge in [-0.05, 0) is 79.1 Å². The van der Waals surface area contributed by atoms with Crippen LogP contribution in [-0.4, -0.2) is 51.4 Å². The topological polar surface area (TPSA) is 57.3 Å². The van der Waals surface area contributed by atoms with Crippen molar-refractivity contribution in [1.82, 2.24) is 0 Å². The zero-order chi connectivity index (χ0) is 29.8. The lowest BCUT2D eigenvalue weighted by Gasteiger charge is -2.61. The number of ether oxygens (including phenoxy) is 4. The van der Waals surface area contributed by atoms with Crippen molar-refractivity contribution in [3.8, 4) is 0 Å². The quantitative estimate of drug-likeness (QED) is 0.0750. The van der Waals surface area contributed by atoms with E-state index in [0.29, 0.717) is 24.0 Å². The summed E-state index contributed by atoms with van der Waals surface area (Å²) in [5.41, 5.74) is 0.169. The van der Waals surface area contributed by atoms with Crippen LogP contribution in [0.4, 0.5) is 0 Å². The molecule has 1 heterocycles. The van der Waals surface area contributed by atoms with E-state index in [2.05, 4.69) is 54.3 Å². The minimum atomic E-state index is -1.15. The molecule has 11 atom stereocenters. The minimum absolute atomic E-state index is 0.0122. The summed E-state index contributed by atoms with van der Waals surface area (Å²) in [6, 6.07) is 1.14. The molecule has 4 saturated carbocycles. The molecule has 5 fully saturated rings. The largest absolute Gasteiger partial charge is 0.462 e. The lowest BCUT2D eigenvalue weighted by Crippen LogP contribution is -2.64. The second kappa shape index (κ2) is 11.8. The fraction of sp³-hybridized carbons (Fsp3) is 0.971. The van der Waals surface area contributed by atoms with Crippen LogP contribution in [0.3, 0.4) is 0 Å². The Morgan fingerprint density at radius 1 is 1.02 bits per heavy atom. The van der Waals surface area contributed by atoms with Gasteiger partial charge < -0.3 is 18.9 Å². The van der Waals surface area contributed by atoms with Gasteiger partial charge in [0.25, 0.3) is 0 Å². The predicted octanol–water partition coefficient (Wildman–Crippen LogP) is 8.48. The minimum Gasteiger partial charge on any atom is -0.462 e. The first-order valence-electron chi connectivity index (χ1n) is 17.3. The highest BCUT2D eigenvalue weighted by Crippen LogP contribution is 2.74. The Labute approximate surface area is 252 Å². The van der Waals surface area contributed by atoms with Crippen LogP contribution in [0.25, 0.3) is 0 Å². The van der Waals surface area contributed by atoms with Gasteiger partial charge in [-0.25, -0.2) is 0 Å². The van der Waals surface area contributed by atoms with Crippen LogP contribution in [0.1, 0.15) is 106 Å². The summed E-state index contributed by atoms with van der Waals surface area (Å²) in [7, 11) is -1.15. The van der Waals surface area contributed by atoms with Crippen molar-refractivity contribution < 1.29 is 23.7 Å². The van der Waals surface area contributed by atoms with Gasteiger partial charge in [-0.1, -0.05) is 73.5 Å². The van der Waals surface area contributed by atoms with Gasteiger partial charge in [0, 0.05) is 39.9 Å². The summed E-state index contributed by atoms with van der Waals surface area (Å²) >= 11 is 0. The van der Waals surface area contributed by atoms with Crippen LogP contribution >= 0.6 is 0 Å². The Balaban J connectivity index is 1.33. The fourth-order valence-corrected chi connectivity index (χ4v) is 11.6. The summed E-state index contributed by atoms with van der Waals surface area (Å²) in [5.74, 6) is 4.38. The van der Waals surface area contributed by atoms with E-state index in [1.54, 1.807) is 0 Å². The molecule has 0 radical (unpaired) electrons. The molecule has 5 nitrogen and oxygen atoms in total. The van der Waals surface area contributed by atoms with Gasteiger partial charge in [-0.2, -0.15) is 0 Å². The van der Waals surface area contributed by atoms with E-state index in [4.69, 9.17) is 18.9 Å². The van der Waals surface area contributed by atoms with Gasteiger partial charge >= 0.3 is 5.97 Å². The molecule has 1 saturated heterocycles. The molecule has 5 rings (SSSR count). The number of hydrogen-bond donors (Lipinski definition) is 0. The first-order valence-corrected chi connectivity index (χ1v) is 21.0. The van der Waals surface area contributed by atoms with E-state index >= 15 is 0 Å². The van der Waals surface area contributed by atoms with Crippen molar-refractivity contribution >= 4 is 14.0 Å². The Kier molecular flexibility index (Phi) is 9.22. The van der Waals surface area contributed by atoms with Crippen molar-refractivity contribution in [2.75, 3.05) is 13.4 Å². The molecular formula is C35H62O5Si. The van der Waals surface area contributed by atoms with E-state index in [9.17, 15) is 4.79 Å². The third-order valence-corrected chi connectivity index (χ3v) is 14.7. The molecule has 0 unspecified atom stereocenters. The van der Waals surface area contributed by atoms with Crippen LogP contribution in [-0.2, 0) is 23.7 Å². The first-order chi connectivity index (χ1) is 19.2. The van der Waals surface area contributed by atoms with Crippen LogP contribution in [0.2, 0.25) is 25.7 Å². The van der Waals surface area contributed by atoms with E-state index in [-0.39, 0.29) is 35.3 Å². The smallest absolute Gasteiger partial charge is 0.302 e.